The topological polar surface area (TPSA) is 38.3 Å². The van der Waals surface area contributed by atoms with E-state index >= 15 is 0 Å². The fraction of sp³-hybridized carbons (Fsp3) is 0.562. The molecule has 19 heavy (non-hydrogen) atoms. The van der Waals surface area contributed by atoms with Crippen molar-refractivity contribution in [2.24, 2.45) is 5.92 Å². The van der Waals surface area contributed by atoms with Gasteiger partial charge in [0.2, 0.25) is 0 Å². The van der Waals surface area contributed by atoms with Crippen molar-refractivity contribution in [3.8, 4) is 5.75 Å². The van der Waals surface area contributed by atoms with Gasteiger partial charge in [-0.2, -0.15) is 0 Å². The van der Waals surface area contributed by atoms with Crippen molar-refractivity contribution in [2.45, 2.75) is 46.0 Å². The minimum absolute atomic E-state index is 0.0675. The number of aryl methyl sites for hydroxylation is 1. The first-order valence-corrected chi connectivity index (χ1v) is 7.28. The van der Waals surface area contributed by atoms with Gasteiger partial charge in [0.05, 0.1) is 5.69 Å². The Balaban J connectivity index is 1.98. The number of benzene rings is 1. The molecule has 1 N–H and O–H groups in total. The zero-order chi connectivity index (χ0) is 13.7. The predicted molar refractivity (Wildman–Crippen MR) is 77.6 cm³/mol. The van der Waals surface area contributed by atoms with Crippen molar-refractivity contribution >= 4 is 11.6 Å². The number of carbonyl (C=O) groups excluding carboxylic acids is 1. The molecule has 0 saturated heterocycles. The summed E-state index contributed by atoms with van der Waals surface area (Å²) >= 11 is 0. The van der Waals surface area contributed by atoms with Crippen LogP contribution < -0.4 is 10.1 Å². The first-order valence-electron chi connectivity index (χ1n) is 7.28. The lowest BCUT2D eigenvalue weighted by Gasteiger charge is -2.19. The van der Waals surface area contributed by atoms with Crippen molar-refractivity contribution in [1.82, 2.24) is 0 Å². The Hall–Kier alpha value is -1.51. The van der Waals surface area contributed by atoms with Gasteiger partial charge in [-0.15, -0.1) is 0 Å². The molecule has 1 heterocycles. The lowest BCUT2D eigenvalue weighted by molar-refractivity contribution is -0.118. The molecule has 3 heteroatoms. The molecule has 0 aromatic heterocycles. The first kappa shape index (κ1) is 13.9. The number of nitrogens with one attached hydrogen (secondary N) is 1. The van der Waals surface area contributed by atoms with Crippen molar-refractivity contribution in [2.75, 3.05) is 11.9 Å². The van der Waals surface area contributed by atoms with Crippen LogP contribution >= 0.6 is 0 Å². The molecule has 0 radical (unpaired) electrons. The summed E-state index contributed by atoms with van der Waals surface area (Å²) in [6.07, 6.45) is 6.10. The molecule has 0 spiro atoms. The number of carbonyl (C=O) groups is 1. The third-order valence-electron chi connectivity index (χ3n) is 3.79. The normalized spacial score (nSPS) is 15.4. The number of anilines is 1. The molecule has 3 nitrogen and oxygen atoms in total. The highest BCUT2D eigenvalue weighted by molar-refractivity contribution is 5.95. The number of ether oxygens (including phenoxy) is 1. The Morgan fingerprint density at radius 1 is 1.32 bits per heavy atom. The highest BCUT2D eigenvalue weighted by Crippen LogP contribution is 2.29. The minimum Gasteiger partial charge on any atom is -0.482 e. The van der Waals surface area contributed by atoms with Gasteiger partial charge in [-0.1, -0.05) is 39.2 Å². The summed E-state index contributed by atoms with van der Waals surface area (Å²) in [6, 6.07) is 6.12. The average Bonchev–Trinajstić information content (AvgIpc) is 2.43. The Labute approximate surface area is 115 Å². The Kier molecular flexibility index (Phi) is 4.83. The average molecular weight is 261 g/mol. The molecule has 0 saturated carbocycles. The highest BCUT2D eigenvalue weighted by atomic mass is 16.5. The van der Waals surface area contributed by atoms with Crippen molar-refractivity contribution in [1.29, 1.82) is 0 Å². The van der Waals surface area contributed by atoms with Gasteiger partial charge in [0, 0.05) is 0 Å². The van der Waals surface area contributed by atoms with E-state index < -0.39 is 0 Å². The van der Waals surface area contributed by atoms with Gasteiger partial charge in [-0.05, 0) is 36.5 Å². The fourth-order valence-electron chi connectivity index (χ4n) is 2.62. The van der Waals surface area contributed by atoms with Gasteiger partial charge >= 0.3 is 0 Å². The molecule has 1 amide bonds. The molecule has 1 unspecified atom stereocenters. The fourth-order valence-corrected chi connectivity index (χ4v) is 2.62. The van der Waals surface area contributed by atoms with Gasteiger partial charge in [-0.25, -0.2) is 0 Å². The standard InChI is InChI=1S/C16H23NO2/c1-3-5-12(4-2)6-7-13-8-9-15-14(10-13)17-16(18)11-19-15/h8-10,12H,3-7,11H2,1-2H3,(H,17,18). The number of rotatable bonds is 6. The molecule has 0 fully saturated rings. The minimum atomic E-state index is -0.0675. The van der Waals surface area contributed by atoms with E-state index in [1.165, 1.54) is 31.2 Å². The maximum absolute atomic E-state index is 11.3. The van der Waals surface area contributed by atoms with Crippen LogP contribution in [0.4, 0.5) is 5.69 Å². The molecule has 1 aromatic carbocycles. The third kappa shape index (κ3) is 3.72. The van der Waals surface area contributed by atoms with E-state index in [0.717, 1.165) is 23.8 Å². The molecule has 1 aliphatic rings. The summed E-state index contributed by atoms with van der Waals surface area (Å²) in [6.45, 7) is 4.64. The summed E-state index contributed by atoms with van der Waals surface area (Å²) in [7, 11) is 0. The van der Waals surface area contributed by atoms with Crippen LogP contribution in [-0.2, 0) is 11.2 Å². The maximum Gasteiger partial charge on any atom is 0.262 e. The summed E-state index contributed by atoms with van der Waals surface area (Å²) in [5.41, 5.74) is 2.09. The maximum atomic E-state index is 11.3. The van der Waals surface area contributed by atoms with Gasteiger partial charge < -0.3 is 10.1 Å². The SMILES string of the molecule is CCCC(CC)CCc1ccc2c(c1)NC(=O)CO2. The van der Waals surface area contributed by atoms with Crippen LogP contribution in [0.1, 0.15) is 45.1 Å². The number of hydrogen-bond acceptors (Lipinski definition) is 2. The summed E-state index contributed by atoms with van der Waals surface area (Å²) in [4.78, 5) is 11.3. The van der Waals surface area contributed by atoms with Crippen LogP contribution in [0.3, 0.4) is 0 Å². The predicted octanol–water partition coefficient (Wildman–Crippen LogP) is 3.78. The Bertz CT molecular complexity index is 442. The van der Waals surface area contributed by atoms with E-state index in [2.05, 4.69) is 25.2 Å². The molecule has 2 rings (SSSR count). The van der Waals surface area contributed by atoms with Crippen molar-refractivity contribution in [3.05, 3.63) is 23.8 Å². The largest absolute Gasteiger partial charge is 0.482 e. The van der Waals surface area contributed by atoms with Crippen molar-refractivity contribution < 1.29 is 9.53 Å². The highest BCUT2D eigenvalue weighted by Gasteiger charge is 2.16. The van der Waals surface area contributed by atoms with E-state index in [9.17, 15) is 4.79 Å². The summed E-state index contributed by atoms with van der Waals surface area (Å²) in [5, 5.41) is 2.86. The molecule has 104 valence electrons. The lowest BCUT2D eigenvalue weighted by Crippen LogP contribution is -2.25. The van der Waals surface area contributed by atoms with Gasteiger partial charge in [-0.3, -0.25) is 4.79 Å². The lowest BCUT2D eigenvalue weighted by atomic mass is 9.93. The van der Waals surface area contributed by atoms with Gasteiger partial charge in [0.25, 0.3) is 5.91 Å². The monoisotopic (exact) mass is 261 g/mol. The molecule has 0 bridgehead atoms. The molecule has 1 aliphatic heterocycles. The number of hydrogen-bond donors (Lipinski definition) is 1. The van der Waals surface area contributed by atoms with E-state index in [4.69, 9.17) is 4.74 Å². The number of fused-ring (bicyclic) bond motifs is 1. The van der Waals surface area contributed by atoms with E-state index in [1.807, 2.05) is 12.1 Å². The van der Waals surface area contributed by atoms with Crippen LogP contribution in [0.2, 0.25) is 0 Å². The third-order valence-corrected chi connectivity index (χ3v) is 3.79. The van der Waals surface area contributed by atoms with Crippen LogP contribution in [0.25, 0.3) is 0 Å². The van der Waals surface area contributed by atoms with Gasteiger partial charge in [0.15, 0.2) is 6.61 Å². The Morgan fingerprint density at radius 3 is 2.89 bits per heavy atom. The molecule has 1 atom stereocenters. The van der Waals surface area contributed by atoms with Gasteiger partial charge in [0.1, 0.15) is 5.75 Å². The first-order chi connectivity index (χ1) is 9.22. The van der Waals surface area contributed by atoms with Crippen molar-refractivity contribution in [3.63, 3.8) is 0 Å². The second-order valence-electron chi connectivity index (χ2n) is 5.27. The second-order valence-corrected chi connectivity index (χ2v) is 5.27. The zero-order valence-corrected chi connectivity index (χ0v) is 11.9. The smallest absolute Gasteiger partial charge is 0.262 e. The van der Waals surface area contributed by atoms with E-state index in [1.54, 1.807) is 0 Å². The Morgan fingerprint density at radius 2 is 2.16 bits per heavy atom. The molecule has 0 aliphatic carbocycles. The molecular weight excluding hydrogens is 238 g/mol. The van der Waals surface area contributed by atoms with Crippen LogP contribution in [0, 0.1) is 5.92 Å². The van der Waals surface area contributed by atoms with Crippen LogP contribution in [-0.4, -0.2) is 12.5 Å². The number of amides is 1. The zero-order valence-electron chi connectivity index (χ0n) is 11.9. The second kappa shape index (κ2) is 6.60. The van der Waals surface area contributed by atoms with Crippen LogP contribution in [0.15, 0.2) is 18.2 Å². The van der Waals surface area contributed by atoms with E-state index in [0.29, 0.717) is 0 Å². The molecule has 1 aromatic rings. The summed E-state index contributed by atoms with van der Waals surface area (Å²) in [5.74, 6) is 1.53. The quantitative estimate of drug-likeness (QED) is 0.846. The summed E-state index contributed by atoms with van der Waals surface area (Å²) < 4.78 is 5.36. The van der Waals surface area contributed by atoms with Crippen LogP contribution in [0.5, 0.6) is 5.75 Å². The molecular formula is C16H23NO2. The van der Waals surface area contributed by atoms with E-state index in [-0.39, 0.29) is 12.5 Å².